The Hall–Kier alpha value is -4.82. The molecule has 4 heterocycles. The quantitative estimate of drug-likeness (QED) is 0.0754. The number of esters is 2. The van der Waals surface area contributed by atoms with Crippen LogP contribution in [-0.4, -0.2) is 68.8 Å². The lowest BCUT2D eigenvalue weighted by atomic mass is 9.34. The fourth-order valence-electron chi connectivity index (χ4n) is 26.0. The van der Waals surface area contributed by atoms with Gasteiger partial charge in [0.25, 0.3) is 0 Å². The Morgan fingerprint density at radius 1 is 0.653 bits per heavy atom. The molecule has 7 nitrogen and oxygen atoms in total. The van der Waals surface area contributed by atoms with E-state index in [4.69, 9.17) is 9.47 Å². The lowest BCUT2D eigenvalue weighted by Crippen LogP contribution is -2.79. The summed E-state index contributed by atoms with van der Waals surface area (Å²) >= 11 is 0. The molecule has 2 saturated heterocycles. The average Bonchev–Trinajstić information content (AvgIpc) is 1.56. The summed E-state index contributed by atoms with van der Waals surface area (Å²) in [6, 6.07) is 46.0. The topological polar surface area (TPSA) is 113 Å². The van der Waals surface area contributed by atoms with Gasteiger partial charge in [-0.2, -0.15) is 0 Å². The first kappa shape index (κ1) is 63.6. The molecular weight excluding hydrogens is 1210 g/mol. The molecular formula is C86H102O7S2. The van der Waals surface area contributed by atoms with Crippen molar-refractivity contribution in [1.82, 2.24) is 0 Å². The molecule has 95 heavy (non-hydrogen) atoms. The zero-order valence-corrected chi connectivity index (χ0v) is 58.4. The van der Waals surface area contributed by atoms with E-state index in [1.165, 1.54) is 72.4 Å². The van der Waals surface area contributed by atoms with Crippen molar-refractivity contribution in [3.05, 3.63) is 166 Å². The first-order chi connectivity index (χ1) is 46.0. The lowest BCUT2D eigenvalue weighted by molar-refractivity contribution is -0.340. The summed E-state index contributed by atoms with van der Waals surface area (Å²) in [4.78, 5) is 30.2. The zero-order chi connectivity index (χ0) is 64.7. The van der Waals surface area contributed by atoms with Gasteiger partial charge in [0, 0.05) is 41.3 Å². The minimum atomic E-state index is -1.80. The summed E-state index contributed by atoms with van der Waals surface area (Å²) < 4.78 is 13.5. The fraction of sp³-hybridized carbons (Fsp3) is 0.605. The van der Waals surface area contributed by atoms with Crippen LogP contribution >= 0.6 is 21.6 Å². The van der Waals surface area contributed by atoms with E-state index in [-0.39, 0.29) is 64.2 Å². The third kappa shape index (κ3) is 9.86. The molecule has 8 fully saturated rings. The van der Waals surface area contributed by atoms with Gasteiger partial charge in [-0.1, -0.05) is 176 Å². The van der Waals surface area contributed by atoms with Gasteiger partial charge >= 0.3 is 11.9 Å². The summed E-state index contributed by atoms with van der Waals surface area (Å²) in [5.41, 5.74) is 3.73. The summed E-state index contributed by atoms with van der Waals surface area (Å²) in [7, 11) is 4.07. The molecule has 9 heteroatoms. The highest BCUT2D eigenvalue weighted by Gasteiger charge is 2.79. The monoisotopic (exact) mass is 1310 g/mol. The molecule has 21 atom stereocenters. The summed E-state index contributed by atoms with van der Waals surface area (Å²) in [5, 5.41) is 47.3. The second kappa shape index (κ2) is 23.9. The Labute approximate surface area is 573 Å². The van der Waals surface area contributed by atoms with Gasteiger partial charge in [-0.3, -0.25) is 4.79 Å². The number of hydrogen-bond acceptors (Lipinski definition) is 9. The normalized spacial score (nSPS) is 43.3. The molecule has 17 rings (SSSR count). The van der Waals surface area contributed by atoms with Crippen LogP contribution in [0.4, 0.5) is 0 Å². The van der Waals surface area contributed by atoms with Crippen LogP contribution in [0.3, 0.4) is 0 Å². The minimum Gasteiger partial charge on any atom is -0.462 e. The molecule has 6 saturated carbocycles. The molecule has 0 aromatic heterocycles. The number of fused-ring (bicyclic) bond motifs is 9. The van der Waals surface area contributed by atoms with Crippen molar-refractivity contribution in [3.63, 3.8) is 0 Å². The van der Waals surface area contributed by atoms with Crippen molar-refractivity contribution < 1.29 is 34.4 Å². The number of carbonyl (C=O) groups is 2. The maximum atomic E-state index is 17.2. The first-order valence-electron chi connectivity index (χ1n) is 37.7. The van der Waals surface area contributed by atoms with Gasteiger partial charge in [0.15, 0.2) is 0 Å². The van der Waals surface area contributed by atoms with Crippen LogP contribution < -0.4 is 0 Å². The average molecular weight is 1310 g/mol. The van der Waals surface area contributed by atoms with Gasteiger partial charge in [-0.15, -0.1) is 5.92 Å². The maximum Gasteiger partial charge on any atom is 0.331 e. The third-order valence-corrected chi connectivity index (χ3v) is 33.1. The number of ether oxygens (including phenoxy) is 2. The molecule has 8 aliphatic carbocycles. The van der Waals surface area contributed by atoms with E-state index in [1.807, 2.05) is 21.6 Å². The van der Waals surface area contributed by atoms with Crippen LogP contribution in [-0.2, 0) is 37.3 Å². The molecule has 500 valence electrons. The molecule has 12 aliphatic rings. The number of aliphatic hydroxyl groups excluding tert-OH is 2. The molecule has 0 amide bonds. The number of rotatable bonds is 9. The predicted molar refractivity (Wildman–Crippen MR) is 381 cm³/mol. The van der Waals surface area contributed by atoms with Crippen LogP contribution in [0.15, 0.2) is 133 Å². The van der Waals surface area contributed by atoms with E-state index in [0.29, 0.717) is 74.5 Å². The van der Waals surface area contributed by atoms with Gasteiger partial charge in [-0.05, 0) is 261 Å². The number of hydrogen-bond donors (Lipinski definition) is 3. The summed E-state index contributed by atoms with van der Waals surface area (Å²) in [5.74, 6) is 10.2. The predicted octanol–water partition coefficient (Wildman–Crippen LogP) is 18.3. The van der Waals surface area contributed by atoms with Gasteiger partial charge in [0.1, 0.15) is 12.7 Å². The highest BCUT2D eigenvalue weighted by Crippen LogP contribution is 2.78. The van der Waals surface area contributed by atoms with E-state index in [9.17, 15) is 15.0 Å². The molecule has 2 spiro atoms. The summed E-state index contributed by atoms with van der Waals surface area (Å²) in [6.45, 7) is 7.27. The molecule has 5 aromatic rings. The number of carbonyl (C=O) groups excluding carboxylic acids is 2. The molecule has 21 unspecified atom stereocenters. The second-order valence-electron chi connectivity index (χ2n) is 34.5. The fourth-order valence-corrected chi connectivity index (χ4v) is 29.5. The lowest BCUT2D eigenvalue weighted by Gasteiger charge is -2.72. The SMILES string of the molecule is CC12CCC(SSCC(Cc3ccccc3)C1)C1CCC(Cc3ccccc3)CC13CC#CC1(C)CC(OC3=O)C3C(C)(C4CCC56CCC7CC8(c9ccccc9)CCCCC8c8ccc9cccc(c9c8C75)C6C4)CCC(O)C3(C(O)CC2)C1(O)CCC1=CC(=O)OC1. The highest BCUT2D eigenvalue weighted by atomic mass is 33.1. The van der Waals surface area contributed by atoms with Crippen molar-refractivity contribution in [2.24, 2.45) is 68.0 Å². The molecule has 3 N–H and O–H groups in total. The van der Waals surface area contributed by atoms with Crippen molar-refractivity contribution in [2.75, 3.05) is 12.4 Å². The summed E-state index contributed by atoms with van der Waals surface area (Å²) in [6.07, 6.45) is 21.1. The van der Waals surface area contributed by atoms with Gasteiger partial charge in [0.2, 0.25) is 0 Å². The van der Waals surface area contributed by atoms with Crippen molar-refractivity contribution in [3.8, 4) is 11.8 Å². The Bertz CT molecular complexity index is 3860. The highest BCUT2D eigenvalue weighted by molar-refractivity contribution is 8.76. The Kier molecular flexibility index (Phi) is 16.0. The van der Waals surface area contributed by atoms with Crippen molar-refractivity contribution in [1.29, 1.82) is 0 Å². The number of benzene rings is 5. The van der Waals surface area contributed by atoms with Crippen LogP contribution in [0.1, 0.15) is 226 Å². The molecule has 4 aliphatic heterocycles. The Balaban J connectivity index is 0.834. The smallest absolute Gasteiger partial charge is 0.331 e. The van der Waals surface area contributed by atoms with E-state index in [2.05, 4.69) is 154 Å². The van der Waals surface area contributed by atoms with Crippen molar-refractivity contribution in [2.45, 2.75) is 240 Å². The number of cyclic esters (lactones) is 1. The maximum absolute atomic E-state index is 17.2. The van der Waals surface area contributed by atoms with E-state index < -0.39 is 51.5 Å². The van der Waals surface area contributed by atoms with Crippen LogP contribution in [0.5, 0.6) is 0 Å². The molecule has 5 aromatic carbocycles. The van der Waals surface area contributed by atoms with Crippen molar-refractivity contribution >= 4 is 44.3 Å². The largest absolute Gasteiger partial charge is 0.462 e. The first-order valence-corrected chi connectivity index (χ1v) is 40.0. The molecule has 0 radical (unpaired) electrons. The second-order valence-corrected chi connectivity index (χ2v) is 37.1. The minimum absolute atomic E-state index is 0.0135. The van der Waals surface area contributed by atoms with Gasteiger partial charge in [0.05, 0.1) is 34.1 Å². The van der Waals surface area contributed by atoms with E-state index in [0.717, 1.165) is 82.0 Å². The third-order valence-electron chi connectivity index (χ3n) is 30.0. The molecule has 6 bridgehead atoms. The number of aliphatic hydroxyl groups is 3. The van der Waals surface area contributed by atoms with Crippen LogP contribution in [0.2, 0.25) is 0 Å². The van der Waals surface area contributed by atoms with Gasteiger partial charge in [-0.25, -0.2) is 4.79 Å². The van der Waals surface area contributed by atoms with E-state index >= 15 is 9.90 Å². The standard InChI is InChI=1S/C86H102O7S2/c1-79-39-33-70(95-94-54-59(49-79)46-56-19-9-5-10-20-56)67-29-26-57(45-55-17-7-4-8-18-55)50-84(67)38-16-36-80(2)52-69(93-78(84)90)77-81(3,41-35-72(88)86(77,71(87)34-40-79)85(80,91)44-30-58-47-73(89)92-53-58)63-32-43-82-42-31-61-51-83(62-22-11-6-12-23-62)37-14-13-25-66(83)65-28-27-60-21-15-24-64(68(82)48-63)74(60)75(65)76(61)82/h4-12,15,17-24,27-28,47,57,59,61,63,66-72,76-77,87-88,91H,13-14,25-26,29-35,37-46,48-54H2,1-3H3. The van der Waals surface area contributed by atoms with E-state index in [1.54, 1.807) is 22.8 Å². The zero-order valence-electron chi connectivity index (χ0n) is 56.7. The Morgan fingerprint density at radius 3 is 2.16 bits per heavy atom. The Morgan fingerprint density at radius 2 is 1.39 bits per heavy atom. The van der Waals surface area contributed by atoms with Gasteiger partial charge < -0.3 is 24.8 Å². The van der Waals surface area contributed by atoms with Crippen LogP contribution in [0.25, 0.3) is 10.8 Å². The van der Waals surface area contributed by atoms with Crippen LogP contribution in [0, 0.1) is 79.8 Å².